The van der Waals surface area contributed by atoms with Crippen LogP contribution in [0.1, 0.15) is 10.4 Å². The lowest BCUT2D eigenvalue weighted by atomic mass is 10.1. The molecule has 2 rings (SSSR count). The van der Waals surface area contributed by atoms with E-state index in [1.165, 1.54) is 7.11 Å². The molecule has 0 saturated carbocycles. The molecule has 0 bridgehead atoms. The average Bonchev–Trinajstić information content (AvgIpc) is 2.47. The van der Waals surface area contributed by atoms with E-state index in [1.807, 2.05) is 42.5 Å². The zero-order valence-electron chi connectivity index (χ0n) is 10.3. The van der Waals surface area contributed by atoms with Crippen LogP contribution in [0, 0.1) is 0 Å². The van der Waals surface area contributed by atoms with Crippen LogP contribution in [0.25, 0.3) is 0 Å². The van der Waals surface area contributed by atoms with E-state index < -0.39 is 11.8 Å². The van der Waals surface area contributed by atoms with Crippen molar-refractivity contribution in [3.05, 3.63) is 60.2 Å². The number of carbonyl (C=O) groups excluding carboxylic acids is 2. The molecule has 0 saturated heterocycles. The highest BCUT2D eigenvalue weighted by Gasteiger charge is 2.16. The molecule has 0 unspecified atom stereocenters. The fourth-order valence-corrected chi connectivity index (χ4v) is 2.35. The predicted octanol–water partition coefficient (Wildman–Crippen LogP) is 3.19. The topological polar surface area (TPSA) is 43.4 Å². The fourth-order valence-electron chi connectivity index (χ4n) is 1.51. The average molecular weight is 272 g/mol. The van der Waals surface area contributed by atoms with Gasteiger partial charge in [0.1, 0.15) is 0 Å². The van der Waals surface area contributed by atoms with Crippen molar-refractivity contribution in [1.82, 2.24) is 0 Å². The first-order valence-corrected chi connectivity index (χ1v) is 6.48. The summed E-state index contributed by atoms with van der Waals surface area (Å²) in [7, 11) is 1.19. The van der Waals surface area contributed by atoms with Gasteiger partial charge in [0.25, 0.3) is 5.78 Å². The highest BCUT2D eigenvalue weighted by atomic mass is 32.2. The van der Waals surface area contributed by atoms with Crippen molar-refractivity contribution < 1.29 is 14.3 Å². The summed E-state index contributed by atoms with van der Waals surface area (Å²) in [5.41, 5.74) is 0.337. The Kier molecular flexibility index (Phi) is 4.36. The van der Waals surface area contributed by atoms with Gasteiger partial charge in [0.15, 0.2) is 0 Å². The Bertz CT molecular complexity index is 576. The largest absolute Gasteiger partial charge is 0.463 e. The molecule has 96 valence electrons. The maximum Gasteiger partial charge on any atom is 0.379 e. The summed E-state index contributed by atoms with van der Waals surface area (Å²) < 4.78 is 4.40. The third-order valence-electron chi connectivity index (χ3n) is 2.47. The Morgan fingerprint density at radius 2 is 1.47 bits per heavy atom. The molecule has 0 spiro atoms. The van der Waals surface area contributed by atoms with E-state index in [2.05, 4.69) is 4.74 Å². The number of esters is 1. The number of ether oxygens (including phenoxy) is 1. The summed E-state index contributed by atoms with van der Waals surface area (Å²) in [5.74, 6) is -1.47. The van der Waals surface area contributed by atoms with Crippen LogP contribution >= 0.6 is 11.8 Å². The van der Waals surface area contributed by atoms with Gasteiger partial charge in [-0.1, -0.05) is 30.0 Å². The van der Waals surface area contributed by atoms with Gasteiger partial charge in [0, 0.05) is 15.4 Å². The molecule has 2 aromatic carbocycles. The second-order valence-electron chi connectivity index (χ2n) is 3.76. The van der Waals surface area contributed by atoms with E-state index in [0.29, 0.717) is 5.56 Å². The first kappa shape index (κ1) is 13.4. The number of hydrogen-bond acceptors (Lipinski definition) is 4. The Morgan fingerprint density at radius 1 is 0.895 bits per heavy atom. The van der Waals surface area contributed by atoms with Gasteiger partial charge in [-0.25, -0.2) is 4.79 Å². The smallest absolute Gasteiger partial charge is 0.379 e. The first-order valence-electron chi connectivity index (χ1n) is 5.66. The third kappa shape index (κ3) is 3.45. The van der Waals surface area contributed by atoms with Crippen molar-refractivity contribution in [3.63, 3.8) is 0 Å². The Labute approximate surface area is 115 Å². The lowest BCUT2D eigenvalue weighted by Gasteiger charge is -2.03. The minimum Gasteiger partial charge on any atom is -0.463 e. The van der Waals surface area contributed by atoms with Crippen LogP contribution in [-0.2, 0) is 9.53 Å². The maximum absolute atomic E-state index is 11.6. The summed E-state index contributed by atoms with van der Waals surface area (Å²) in [6, 6.07) is 16.8. The van der Waals surface area contributed by atoms with Crippen molar-refractivity contribution >= 4 is 23.5 Å². The molecule has 3 nitrogen and oxygen atoms in total. The lowest BCUT2D eigenvalue weighted by Crippen LogP contribution is -2.15. The van der Waals surface area contributed by atoms with E-state index in [9.17, 15) is 9.59 Å². The number of benzene rings is 2. The number of hydrogen-bond donors (Lipinski definition) is 0. The third-order valence-corrected chi connectivity index (χ3v) is 3.48. The summed E-state index contributed by atoms with van der Waals surface area (Å²) in [6.45, 7) is 0. The van der Waals surface area contributed by atoms with Gasteiger partial charge >= 0.3 is 5.97 Å². The van der Waals surface area contributed by atoms with Crippen molar-refractivity contribution in [1.29, 1.82) is 0 Å². The Morgan fingerprint density at radius 3 is 2.05 bits per heavy atom. The molecule has 0 aromatic heterocycles. The molecular weight excluding hydrogens is 260 g/mol. The molecule has 0 amide bonds. The van der Waals surface area contributed by atoms with Gasteiger partial charge in [-0.2, -0.15) is 0 Å². The van der Waals surface area contributed by atoms with Gasteiger partial charge in [0.2, 0.25) is 0 Å². The van der Waals surface area contributed by atoms with E-state index in [4.69, 9.17) is 0 Å². The Hall–Kier alpha value is -2.07. The molecule has 0 atom stereocenters. The van der Waals surface area contributed by atoms with Crippen molar-refractivity contribution in [3.8, 4) is 0 Å². The maximum atomic E-state index is 11.6. The minimum absolute atomic E-state index is 0.337. The number of rotatable bonds is 4. The van der Waals surface area contributed by atoms with Gasteiger partial charge in [-0.05, 0) is 36.4 Å². The van der Waals surface area contributed by atoms with Crippen LogP contribution in [-0.4, -0.2) is 18.9 Å². The molecule has 0 aliphatic rings. The summed E-state index contributed by atoms with van der Waals surface area (Å²) in [6.07, 6.45) is 0. The number of carbonyl (C=O) groups is 2. The van der Waals surface area contributed by atoms with E-state index in [1.54, 1.807) is 23.9 Å². The highest BCUT2D eigenvalue weighted by Crippen LogP contribution is 2.27. The molecule has 4 heteroatoms. The van der Waals surface area contributed by atoms with Crippen molar-refractivity contribution in [2.24, 2.45) is 0 Å². The van der Waals surface area contributed by atoms with Crippen LogP contribution in [0.15, 0.2) is 64.4 Å². The Balaban J connectivity index is 2.11. The number of methoxy groups -OCH3 is 1. The monoisotopic (exact) mass is 272 g/mol. The number of Topliss-reactive ketones (excluding diaryl/α,β-unsaturated/α-hetero) is 1. The highest BCUT2D eigenvalue weighted by molar-refractivity contribution is 7.99. The molecule has 0 aliphatic heterocycles. The number of ketones is 1. The standard InChI is InChI=1S/C15H12O3S/c1-18-15(17)14(16)11-7-9-13(10-8-11)19-12-5-3-2-4-6-12/h2-10H,1H3. The zero-order chi connectivity index (χ0) is 13.7. The molecule has 0 aliphatic carbocycles. The molecule has 2 aromatic rings. The lowest BCUT2D eigenvalue weighted by molar-refractivity contribution is -0.135. The first-order chi connectivity index (χ1) is 9.20. The zero-order valence-corrected chi connectivity index (χ0v) is 11.1. The summed E-state index contributed by atoms with van der Waals surface area (Å²) >= 11 is 1.59. The van der Waals surface area contributed by atoms with E-state index in [-0.39, 0.29) is 0 Å². The van der Waals surface area contributed by atoms with Gasteiger partial charge < -0.3 is 4.74 Å². The molecule has 19 heavy (non-hydrogen) atoms. The SMILES string of the molecule is COC(=O)C(=O)c1ccc(Sc2ccccc2)cc1. The molecule has 0 heterocycles. The summed E-state index contributed by atoms with van der Waals surface area (Å²) in [4.78, 5) is 24.8. The normalized spacial score (nSPS) is 9.95. The predicted molar refractivity (Wildman–Crippen MR) is 73.4 cm³/mol. The van der Waals surface area contributed by atoms with Crippen LogP contribution in [0.4, 0.5) is 0 Å². The molecular formula is C15H12O3S. The van der Waals surface area contributed by atoms with Gasteiger partial charge in [-0.3, -0.25) is 4.79 Å². The van der Waals surface area contributed by atoms with Crippen LogP contribution in [0.2, 0.25) is 0 Å². The van der Waals surface area contributed by atoms with Crippen LogP contribution in [0.3, 0.4) is 0 Å². The summed E-state index contributed by atoms with van der Waals surface area (Å²) in [5, 5.41) is 0. The van der Waals surface area contributed by atoms with Crippen molar-refractivity contribution in [2.45, 2.75) is 9.79 Å². The van der Waals surface area contributed by atoms with Gasteiger partial charge in [-0.15, -0.1) is 0 Å². The van der Waals surface area contributed by atoms with E-state index in [0.717, 1.165) is 9.79 Å². The van der Waals surface area contributed by atoms with Crippen molar-refractivity contribution in [2.75, 3.05) is 7.11 Å². The fraction of sp³-hybridized carbons (Fsp3) is 0.0667. The second-order valence-corrected chi connectivity index (χ2v) is 4.91. The van der Waals surface area contributed by atoms with Crippen LogP contribution in [0.5, 0.6) is 0 Å². The van der Waals surface area contributed by atoms with Crippen LogP contribution < -0.4 is 0 Å². The molecule has 0 N–H and O–H groups in total. The second kappa shape index (κ2) is 6.20. The quantitative estimate of drug-likeness (QED) is 0.487. The molecule has 0 fully saturated rings. The minimum atomic E-state index is -0.844. The van der Waals surface area contributed by atoms with Gasteiger partial charge in [0.05, 0.1) is 7.11 Å². The molecule has 0 radical (unpaired) electrons. The van der Waals surface area contributed by atoms with E-state index >= 15 is 0 Å².